The van der Waals surface area contributed by atoms with Crippen molar-refractivity contribution in [3.63, 3.8) is 0 Å². The zero-order chi connectivity index (χ0) is 17.9. The van der Waals surface area contributed by atoms with Gasteiger partial charge in [0.1, 0.15) is 0 Å². The summed E-state index contributed by atoms with van der Waals surface area (Å²) in [6, 6.07) is 12.7. The molecule has 0 radical (unpaired) electrons. The Balaban J connectivity index is 1.48. The summed E-state index contributed by atoms with van der Waals surface area (Å²) in [4.78, 5) is 4.81. The molecule has 4 nitrogen and oxygen atoms in total. The first-order valence-electron chi connectivity index (χ1n) is 9.23. The lowest BCUT2D eigenvalue weighted by Gasteiger charge is -2.14. The monoisotopic (exact) mass is 367 g/mol. The number of rotatable bonds is 6. The van der Waals surface area contributed by atoms with Crippen LogP contribution in [0.3, 0.4) is 0 Å². The van der Waals surface area contributed by atoms with E-state index in [4.69, 9.17) is 9.72 Å². The van der Waals surface area contributed by atoms with Gasteiger partial charge in [0.25, 0.3) is 0 Å². The van der Waals surface area contributed by atoms with Gasteiger partial charge in [-0.3, -0.25) is 0 Å². The topological polar surface area (TPSA) is 39.1 Å². The second-order valence-corrected chi connectivity index (χ2v) is 7.77. The molecule has 1 unspecified atom stereocenters. The molecule has 1 aromatic carbocycles. The Bertz CT molecular complexity index is 863. The first kappa shape index (κ1) is 17.3. The van der Waals surface area contributed by atoms with Gasteiger partial charge in [0.15, 0.2) is 5.13 Å². The minimum Gasteiger partial charge on any atom is -0.376 e. The Labute approximate surface area is 158 Å². The molecule has 26 heavy (non-hydrogen) atoms. The van der Waals surface area contributed by atoms with Crippen LogP contribution in [0.2, 0.25) is 0 Å². The van der Waals surface area contributed by atoms with Crippen LogP contribution < -0.4 is 5.32 Å². The molecule has 0 saturated carbocycles. The maximum absolute atomic E-state index is 5.82. The van der Waals surface area contributed by atoms with Crippen molar-refractivity contribution in [3.8, 4) is 11.3 Å². The smallest absolute Gasteiger partial charge is 0.183 e. The Hall–Kier alpha value is -2.11. The molecule has 5 heteroatoms. The van der Waals surface area contributed by atoms with Crippen LogP contribution in [-0.4, -0.2) is 22.3 Å². The largest absolute Gasteiger partial charge is 0.376 e. The van der Waals surface area contributed by atoms with Crippen LogP contribution in [0.25, 0.3) is 11.3 Å². The number of aryl methyl sites for hydroxylation is 1. The van der Waals surface area contributed by atoms with Gasteiger partial charge in [-0.25, -0.2) is 4.98 Å². The van der Waals surface area contributed by atoms with E-state index in [-0.39, 0.29) is 0 Å². The van der Waals surface area contributed by atoms with Gasteiger partial charge in [0, 0.05) is 42.0 Å². The summed E-state index contributed by atoms with van der Waals surface area (Å²) in [5, 5.41) is 6.54. The van der Waals surface area contributed by atoms with E-state index in [1.165, 1.54) is 28.9 Å². The molecule has 0 spiro atoms. The Kier molecular flexibility index (Phi) is 5.09. The average molecular weight is 368 g/mol. The van der Waals surface area contributed by atoms with Crippen LogP contribution in [0.15, 0.2) is 41.8 Å². The van der Waals surface area contributed by atoms with E-state index in [2.05, 4.69) is 59.4 Å². The van der Waals surface area contributed by atoms with Crippen LogP contribution in [0.1, 0.15) is 29.8 Å². The highest BCUT2D eigenvalue weighted by Crippen LogP contribution is 2.31. The molecule has 1 aliphatic rings. The van der Waals surface area contributed by atoms with Crippen LogP contribution in [-0.2, 0) is 17.8 Å². The van der Waals surface area contributed by atoms with Crippen LogP contribution in [0.5, 0.6) is 0 Å². The summed E-state index contributed by atoms with van der Waals surface area (Å²) < 4.78 is 8.19. The highest BCUT2D eigenvalue weighted by Gasteiger charge is 2.20. The molecule has 136 valence electrons. The number of hydrogen-bond acceptors (Lipinski definition) is 4. The van der Waals surface area contributed by atoms with Gasteiger partial charge in [0.05, 0.1) is 11.8 Å². The molecule has 3 heterocycles. The fraction of sp³-hybridized carbons (Fsp3) is 0.381. The lowest BCUT2D eigenvalue weighted by Crippen LogP contribution is -2.16. The van der Waals surface area contributed by atoms with Gasteiger partial charge in [-0.1, -0.05) is 30.3 Å². The number of benzene rings is 1. The van der Waals surface area contributed by atoms with E-state index in [1.807, 2.05) is 6.07 Å². The van der Waals surface area contributed by atoms with E-state index in [1.54, 1.807) is 11.3 Å². The van der Waals surface area contributed by atoms with Crippen molar-refractivity contribution in [2.75, 3.05) is 11.9 Å². The predicted octanol–water partition coefficient (Wildman–Crippen LogP) is 5.02. The predicted molar refractivity (Wildman–Crippen MR) is 108 cm³/mol. The molecule has 0 aliphatic carbocycles. The minimum absolute atomic E-state index is 0.353. The average Bonchev–Trinajstić information content (AvgIpc) is 3.39. The SMILES string of the molecule is Cc1cc(-c2csc(NCc3ccccc3)n2)c(C)n1CC1CCCO1. The van der Waals surface area contributed by atoms with E-state index in [0.29, 0.717) is 6.10 Å². The number of ether oxygens (including phenoxy) is 1. The molecular formula is C21H25N3OS. The zero-order valence-electron chi connectivity index (χ0n) is 15.4. The van der Waals surface area contributed by atoms with E-state index >= 15 is 0 Å². The number of nitrogens with one attached hydrogen (secondary N) is 1. The Morgan fingerprint density at radius 1 is 1.27 bits per heavy atom. The Morgan fingerprint density at radius 3 is 2.88 bits per heavy atom. The minimum atomic E-state index is 0.353. The maximum Gasteiger partial charge on any atom is 0.183 e. The zero-order valence-corrected chi connectivity index (χ0v) is 16.2. The van der Waals surface area contributed by atoms with Crippen molar-refractivity contribution in [2.45, 2.75) is 45.9 Å². The van der Waals surface area contributed by atoms with Crippen molar-refractivity contribution in [2.24, 2.45) is 0 Å². The fourth-order valence-electron chi connectivity index (χ4n) is 3.59. The van der Waals surface area contributed by atoms with E-state index < -0.39 is 0 Å². The second-order valence-electron chi connectivity index (χ2n) is 6.91. The summed E-state index contributed by atoms with van der Waals surface area (Å²) in [5.41, 5.74) is 6.10. The maximum atomic E-state index is 5.82. The normalized spacial score (nSPS) is 16.9. The van der Waals surface area contributed by atoms with Gasteiger partial charge < -0.3 is 14.6 Å². The number of nitrogens with zero attached hydrogens (tertiary/aromatic N) is 2. The molecular weight excluding hydrogens is 342 g/mol. The molecule has 0 bridgehead atoms. The lowest BCUT2D eigenvalue weighted by atomic mass is 10.2. The quantitative estimate of drug-likeness (QED) is 0.665. The lowest BCUT2D eigenvalue weighted by molar-refractivity contribution is 0.0962. The molecule has 1 N–H and O–H groups in total. The van der Waals surface area contributed by atoms with E-state index in [9.17, 15) is 0 Å². The first-order valence-corrected chi connectivity index (χ1v) is 10.1. The second kappa shape index (κ2) is 7.64. The molecule has 3 aromatic rings. The summed E-state index contributed by atoms with van der Waals surface area (Å²) in [6.45, 7) is 7.01. The number of anilines is 1. The third-order valence-corrected chi connectivity index (χ3v) is 5.85. The van der Waals surface area contributed by atoms with Crippen LogP contribution in [0, 0.1) is 13.8 Å². The molecule has 1 atom stereocenters. The summed E-state index contributed by atoms with van der Waals surface area (Å²) >= 11 is 1.66. The van der Waals surface area contributed by atoms with Crippen molar-refractivity contribution in [3.05, 3.63) is 58.7 Å². The van der Waals surface area contributed by atoms with Gasteiger partial charge in [-0.15, -0.1) is 11.3 Å². The van der Waals surface area contributed by atoms with Gasteiger partial charge in [0.2, 0.25) is 0 Å². The molecule has 2 aromatic heterocycles. The third kappa shape index (κ3) is 3.69. The van der Waals surface area contributed by atoms with E-state index in [0.717, 1.165) is 36.9 Å². The van der Waals surface area contributed by atoms with Crippen LogP contribution >= 0.6 is 11.3 Å². The summed E-state index contributed by atoms with van der Waals surface area (Å²) in [5.74, 6) is 0. The standard InChI is InChI=1S/C21H25N3OS/c1-15-11-19(16(2)24(15)13-18-9-6-10-25-18)20-14-26-21(23-20)22-12-17-7-4-3-5-8-17/h3-5,7-8,11,14,18H,6,9-10,12-13H2,1-2H3,(H,22,23). The van der Waals surface area contributed by atoms with Crippen molar-refractivity contribution in [1.29, 1.82) is 0 Å². The third-order valence-electron chi connectivity index (χ3n) is 5.05. The molecule has 1 saturated heterocycles. The number of aromatic nitrogens is 2. The van der Waals surface area contributed by atoms with Gasteiger partial charge in [-0.2, -0.15) is 0 Å². The van der Waals surface area contributed by atoms with Gasteiger partial charge >= 0.3 is 0 Å². The highest BCUT2D eigenvalue weighted by molar-refractivity contribution is 7.14. The molecule has 4 rings (SSSR count). The number of thiazole rings is 1. The molecule has 1 fully saturated rings. The number of hydrogen-bond donors (Lipinski definition) is 1. The summed E-state index contributed by atoms with van der Waals surface area (Å²) in [7, 11) is 0. The Morgan fingerprint density at radius 2 is 2.12 bits per heavy atom. The van der Waals surface area contributed by atoms with Crippen molar-refractivity contribution in [1.82, 2.24) is 9.55 Å². The van der Waals surface area contributed by atoms with Gasteiger partial charge in [-0.05, 0) is 38.3 Å². The fourth-order valence-corrected chi connectivity index (χ4v) is 4.30. The van der Waals surface area contributed by atoms with Crippen molar-refractivity contribution < 1.29 is 4.74 Å². The summed E-state index contributed by atoms with van der Waals surface area (Å²) in [6.07, 6.45) is 2.70. The molecule has 0 amide bonds. The molecule has 1 aliphatic heterocycles. The van der Waals surface area contributed by atoms with Crippen LogP contribution in [0.4, 0.5) is 5.13 Å². The van der Waals surface area contributed by atoms with Crippen molar-refractivity contribution >= 4 is 16.5 Å². The highest BCUT2D eigenvalue weighted by atomic mass is 32.1. The first-order chi connectivity index (χ1) is 12.7.